The van der Waals surface area contributed by atoms with Gasteiger partial charge in [0.1, 0.15) is 0 Å². The van der Waals surface area contributed by atoms with Crippen molar-refractivity contribution in [2.45, 2.75) is 30.9 Å². The molecular weight excluding hydrogens is 334 g/mol. The number of hydrogen-bond donors (Lipinski definition) is 2. The Hall–Kier alpha value is -1.08. The van der Waals surface area contributed by atoms with Crippen molar-refractivity contribution in [3.05, 3.63) is 28.2 Å². The first-order valence-electron chi connectivity index (χ1n) is 5.94. The molecule has 0 bridgehead atoms. The summed E-state index contributed by atoms with van der Waals surface area (Å²) >= 11 is 3.17. The second-order valence-corrected chi connectivity index (χ2v) is 7.43. The molecule has 5 nitrogen and oxygen atoms in total. The summed E-state index contributed by atoms with van der Waals surface area (Å²) in [6.07, 6.45) is 3.07. The zero-order valence-electron chi connectivity index (χ0n) is 10.1. The van der Waals surface area contributed by atoms with Gasteiger partial charge in [-0.05, 0) is 31.0 Å². The molecule has 0 amide bonds. The van der Waals surface area contributed by atoms with Crippen LogP contribution in [0.5, 0.6) is 0 Å². The van der Waals surface area contributed by atoms with Gasteiger partial charge in [0.25, 0.3) is 0 Å². The summed E-state index contributed by atoms with van der Waals surface area (Å²) in [4.78, 5) is 11.1. The van der Waals surface area contributed by atoms with Gasteiger partial charge in [-0.1, -0.05) is 28.8 Å². The van der Waals surface area contributed by atoms with E-state index in [0.29, 0.717) is 17.3 Å². The summed E-state index contributed by atoms with van der Waals surface area (Å²) in [5, 5.41) is 8.68. The van der Waals surface area contributed by atoms with Gasteiger partial charge in [-0.15, -0.1) is 0 Å². The lowest BCUT2D eigenvalue weighted by atomic mass is 10.2. The third kappa shape index (κ3) is 3.27. The van der Waals surface area contributed by atoms with Crippen LogP contribution in [0.3, 0.4) is 0 Å². The quantitative estimate of drug-likeness (QED) is 0.876. The van der Waals surface area contributed by atoms with Crippen molar-refractivity contribution < 1.29 is 18.3 Å². The number of nitrogens with one attached hydrogen (secondary N) is 1. The molecule has 7 heteroatoms. The highest BCUT2D eigenvalue weighted by atomic mass is 79.9. The molecule has 0 saturated heterocycles. The van der Waals surface area contributed by atoms with E-state index < -0.39 is 21.2 Å². The lowest BCUT2D eigenvalue weighted by Crippen LogP contribution is -2.26. The fraction of sp³-hybridized carbons (Fsp3) is 0.417. The molecule has 1 saturated carbocycles. The van der Waals surface area contributed by atoms with Gasteiger partial charge in [0.15, 0.2) is 0 Å². The van der Waals surface area contributed by atoms with Crippen molar-refractivity contribution in [1.82, 2.24) is 0 Å². The summed E-state index contributed by atoms with van der Waals surface area (Å²) in [7, 11) is -3.51. The number of benzene rings is 1. The lowest BCUT2D eigenvalue weighted by Gasteiger charge is -2.15. The van der Waals surface area contributed by atoms with Crippen molar-refractivity contribution in [3.8, 4) is 0 Å². The Morgan fingerprint density at radius 3 is 2.53 bits per heavy atom. The van der Waals surface area contributed by atoms with Gasteiger partial charge < -0.3 is 5.11 Å². The standard InChI is InChI=1S/C12H14BrNO4S/c13-8-5-6-11(10(7-8)12(15)16)14-19(17,18)9-3-1-2-4-9/h5-7,9,14H,1-4H2,(H,15,16). The van der Waals surface area contributed by atoms with Crippen molar-refractivity contribution >= 4 is 37.6 Å². The topological polar surface area (TPSA) is 83.5 Å². The first-order chi connectivity index (χ1) is 8.90. The van der Waals surface area contributed by atoms with E-state index in [4.69, 9.17) is 5.11 Å². The molecule has 0 radical (unpaired) electrons. The van der Waals surface area contributed by atoms with Crippen LogP contribution in [0.25, 0.3) is 0 Å². The summed E-state index contributed by atoms with van der Waals surface area (Å²) in [6, 6.07) is 4.45. The van der Waals surface area contributed by atoms with Gasteiger partial charge >= 0.3 is 5.97 Å². The molecule has 1 aromatic carbocycles. The molecular formula is C12H14BrNO4S. The minimum absolute atomic E-state index is 0.0593. The van der Waals surface area contributed by atoms with Crippen LogP contribution in [0.1, 0.15) is 36.0 Å². The van der Waals surface area contributed by atoms with Gasteiger partial charge in [-0.3, -0.25) is 4.72 Å². The number of sulfonamides is 1. The van der Waals surface area contributed by atoms with Crippen LogP contribution in [0.2, 0.25) is 0 Å². The third-order valence-electron chi connectivity index (χ3n) is 3.21. The van der Waals surface area contributed by atoms with Crippen LogP contribution < -0.4 is 4.72 Å². The van der Waals surface area contributed by atoms with Crippen molar-refractivity contribution in [2.24, 2.45) is 0 Å². The van der Waals surface area contributed by atoms with Crippen molar-refractivity contribution in [3.63, 3.8) is 0 Å². The van der Waals surface area contributed by atoms with E-state index in [1.54, 1.807) is 6.07 Å². The van der Waals surface area contributed by atoms with Gasteiger partial charge in [0.05, 0.1) is 16.5 Å². The first kappa shape index (κ1) is 14.3. The molecule has 1 aliphatic rings. The van der Waals surface area contributed by atoms with E-state index in [-0.39, 0.29) is 11.3 Å². The largest absolute Gasteiger partial charge is 0.478 e. The van der Waals surface area contributed by atoms with Crippen LogP contribution in [-0.2, 0) is 10.0 Å². The summed E-state index contributed by atoms with van der Waals surface area (Å²) in [5.74, 6) is -1.16. The molecule has 1 aliphatic carbocycles. The predicted octanol–water partition coefficient (Wildman–Crippen LogP) is 2.83. The zero-order chi connectivity index (χ0) is 14.0. The molecule has 0 atom stereocenters. The molecule has 0 aliphatic heterocycles. The van der Waals surface area contributed by atoms with Crippen LogP contribution in [0.4, 0.5) is 5.69 Å². The van der Waals surface area contributed by atoms with Crippen molar-refractivity contribution in [2.75, 3.05) is 4.72 Å². The molecule has 104 valence electrons. The number of carboxylic acid groups (broad SMARTS) is 1. The number of carbonyl (C=O) groups is 1. The fourth-order valence-electron chi connectivity index (χ4n) is 2.22. The van der Waals surface area contributed by atoms with E-state index >= 15 is 0 Å². The smallest absolute Gasteiger partial charge is 0.337 e. The SMILES string of the molecule is O=C(O)c1cc(Br)ccc1NS(=O)(=O)C1CCCC1. The maximum atomic E-state index is 12.1. The molecule has 0 spiro atoms. The number of anilines is 1. The molecule has 2 rings (SSSR count). The van der Waals surface area contributed by atoms with E-state index in [1.807, 2.05) is 0 Å². The average Bonchev–Trinajstić information content (AvgIpc) is 2.85. The fourth-order valence-corrected chi connectivity index (χ4v) is 4.18. The lowest BCUT2D eigenvalue weighted by molar-refractivity contribution is 0.0698. The molecule has 0 heterocycles. The molecule has 2 N–H and O–H groups in total. The Labute approximate surface area is 120 Å². The summed E-state index contributed by atoms with van der Waals surface area (Å²) < 4.78 is 27.3. The van der Waals surface area contributed by atoms with Crippen LogP contribution in [0.15, 0.2) is 22.7 Å². The van der Waals surface area contributed by atoms with E-state index in [0.717, 1.165) is 12.8 Å². The molecule has 0 unspecified atom stereocenters. The van der Waals surface area contributed by atoms with Gasteiger partial charge in [-0.25, -0.2) is 13.2 Å². The van der Waals surface area contributed by atoms with Crippen molar-refractivity contribution in [1.29, 1.82) is 0 Å². The van der Waals surface area contributed by atoms with Gasteiger partial charge in [0, 0.05) is 4.47 Å². The van der Waals surface area contributed by atoms with E-state index in [9.17, 15) is 13.2 Å². The summed E-state index contributed by atoms with van der Waals surface area (Å²) in [5.41, 5.74) is 0.0542. The predicted molar refractivity (Wildman–Crippen MR) is 75.9 cm³/mol. The van der Waals surface area contributed by atoms with E-state index in [2.05, 4.69) is 20.7 Å². The Balaban J connectivity index is 2.30. The molecule has 0 aromatic heterocycles. The van der Waals surface area contributed by atoms with Gasteiger partial charge in [-0.2, -0.15) is 0 Å². The third-order valence-corrected chi connectivity index (χ3v) is 5.55. The Bertz CT molecular complexity index is 594. The Kier molecular flexibility index (Phi) is 4.15. The van der Waals surface area contributed by atoms with Crippen LogP contribution >= 0.6 is 15.9 Å². The average molecular weight is 348 g/mol. The maximum absolute atomic E-state index is 12.1. The molecule has 19 heavy (non-hydrogen) atoms. The Morgan fingerprint density at radius 1 is 1.32 bits per heavy atom. The molecule has 1 aromatic rings. The number of halogens is 1. The van der Waals surface area contributed by atoms with Gasteiger partial charge in [0.2, 0.25) is 10.0 Å². The van der Waals surface area contributed by atoms with Crippen LogP contribution in [0, 0.1) is 0 Å². The highest BCUT2D eigenvalue weighted by Gasteiger charge is 2.29. The minimum atomic E-state index is -3.51. The first-order valence-corrected chi connectivity index (χ1v) is 8.28. The second-order valence-electron chi connectivity index (χ2n) is 4.55. The number of aromatic carboxylic acids is 1. The van der Waals surface area contributed by atoms with E-state index in [1.165, 1.54) is 12.1 Å². The normalized spacial score (nSPS) is 16.5. The monoisotopic (exact) mass is 347 g/mol. The number of carboxylic acids is 1. The maximum Gasteiger partial charge on any atom is 0.337 e. The minimum Gasteiger partial charge on any atom is -0.478 e. The number of rotatable bonds is 4. The number of hydrogen-bond acceptors (Lipinski definition) is 3. The highest BCUT2D eigenvalue weighted by molar-refractivity contribution is 9.10. The molecule has 1 fully saturated rings. The Morgan fingerprint density at radius 2 is 1.95 bits per heavy atom. The van der Waals surface area contributed by atoms with Crippen LogP contribution in [-0.4, -0.2) is 24.7 Å². The highest BCUT2D eigenvalue weighted by Crippen LogP contribution is 2.28. The second kappa shape index (κ2) is 5.50. The summed E-state index contributed by atoms with van der Waals surface area (Å²) in [6.45, 7) is 0. The zero-order valence-corrected chi connectivity index (χ0v) is 12.5.